The van der Waals surface area contributed by atoms with E-state index in [0.29, 0.717) is 17.8 Å². The van der Waals surface area contributed by atoms with E-state index < -0.39 is 0 Å². The Balaban J connectivity index is 1.89. The molecule has 4 nitrogen and oxygen atoms in total. The van der Waals surface area contributed by atoms with Gasteiger partial charge in [0.25, 0.3) is 0 Å². The maximum atomic E-state index is 5.41. The second-order valence-electron chi connectivity index (χ2n) is 4.96. The molecule has 1 aliphatic rings. The molecule has 2 heterocycles. The van der Waals surface area contributed by atoms with Crippen LogP contribution < -0.4 is 5.32 Å². The summed E-state index contributed by atoms with van der Waals surface area (Å²) >= 11 is 0. The van der Waals surface area contributed by atoms with Crippen molar-refractivity contribution in [1.82, 2.24) is 15.5 Å². The number of aryl methyl sites for hydroxylation is 1. The fourth-order valence-electron chi connectivity index (χ4n) is 2.48. The molecule has 1 aliphatic heterocycles. The summed E-state index contributed by atoms with van der Waals surface area (Å²) in [5.74, 6) is 1.79. The maximum Gasteiger partial charge on any atom is 0.231 e. The number of aromatic nitrogens is 2. The largest absolute Gasteiger partial charge is 0.339 e. The number of nitrogens with one attached hydrogen (secondary N) is 1. The van der Waals surface area contributed by atoms with Crippen LogP contribution in [0.25, 0.3) is 11.4 Å². The fraction of sp³-hybridized carbons (Fsp3) is 0.429. The van der Waals surface area contributed by atoms with Crippen LogP contribution in [0.3, 0.4) is 0 Å². The zero-order chi connectivity index (χ0) is 12.5. The third-order valence-corrected chi connectivity index (χ3v) is 3.56. The first-order valence-electron chi connectivity index (χ1n) is 6.38. The second-order valence-corrected chi connectivity index (χ2v) is 4.96. The van der Waals surface area contributed by atoms with Gasteiger partial charge in [0.1, 0.15) is 0 Å². The molecule has 4 heteroatoms. The van der Waals surface area contributed by atoms with Gasteiger partial charge >= 0.3 is 0 Å². The molecule has 0 aliphatic carbocycles. The lowest BCUT2D eigenvalue weighted by molar-refractivity contribution is 0.345. The van der Waals surface area contributed by atoms with E-state index in [4.69, 9.17) is 4.52 Å². The van der Waals surface area contributed by atoms with Crippen molar-refractivity contribution in [2.75, 3.05) is 6.54 Å². The number of rotatable bonds is 2. The highest BCUT2D eigenvalue weighted by Crippen LogP contribution is 2.28. The first kappa shape index (κ1) is 11.4. The molecule has 0 amide bonds. The molecule has 0 spiro atoms. The summed E-state index contributed by atoms with van der Waals surface area (Å²) in [6.07, 6.45) is 1.07. The van der Waals surface area contributed by atoms with Crippen molar-refractivity contribution in [1.29, 1.82) is 0 Å². The molecule has 0 radical (unpaired) electrons. The number of nitrogens with zero attached hydrogens (tertiary/aromatic N) is 2. The molecule has 3 rings (SSSR count). The summed E-state index contributed by atoms with van der Waals surface area (Å²) in [6, 6.07) is 8.58. The summed E-state index contributed by atoms with van der Waals surface area (Å²) in [6.45, 7) is 5.25. The van der Waals surface area contributed by atoms with Crippen LogP contribution in [-0.2, 0) is 0 Å². The van der Waals surface area contributed by atoms with Gasteiger partial charge in [-0.2, -0.15) is 4.98 Å². The van der Waals surface area contributed by atoms with Gasteiger partial charge in [0.15, 0.2) is 0 Å². The molecule has 1 aromatic carbocycles. The highest BCUT2D eigenvalue weighted by molar-refractivity contribution is 5.55. The van der Waals surface area contributed by atoms with Crippen LogP contribution >= 0.6 is 0 Å². The monoisotopic (exact) mass is 243 g/mol. The molecular weight excluding hydrogens is 226 g/mol. The Bertz CT molecular complexity index is 549. The van der Waals surface area contributed by atoms with E-state index in [2.05, 4.69) is 41.4 Å². The number of benzene rings is 1. The van der Waals surface area contributed by atoms with Crippen LogP contribution in [0.1, 0.15) is 30.7 Å². The van der Waals surface area contributed by atoms with Gasteiger partial charge in [-0.05, 0) is 32.9 Å². The van der Waals surface area contributed by atoms with Crippen LogP contribution in [0.15, 0.2) is 28.8 Å². The van der Waals surface area contributed by atoms with Crippen molar-refractivity contribution < 1.29 is 4.52 Å². The molecular formula is C14H17N3O. The average molecular weight is 243 g/mol. The van der Waals surface area contributed by atoms with Gasteiger partial charge in [0.05, 0.1) is 5.92 Å². The predicted molar refractivity (Wildman–Crippen MR) is 69.3 cm³/mol. The van der Waals surface area contributed by atoms with Crippen molar-refractivity contribution in [3.05, 3.63) is 35.7 Å². The minimum absolute atomic E-state index is 0.344. The highest BCUT2D eigenvalue weighted by atomic mass is 16.5. The molecule has 1 N–H and O–H groups in total. The van der Waals surface area contributed by atoms with Crippen LogP contribution in [0, 0.1) is 6.92 Å². The average Bonchev–Trinajstić information content (AvgIpc) is 2.97. The van der Waals surface area contributed by atoms with Gasteiger partial charge in [-0.25, -0.2) is 0 Å². The molecule has 1 aromatic heterocycles. The molecule has 2 aromatic rings. The van der Waals surface area contributed by atoms with Crippen LogP contribution in [-0.4, -0.2) is 22.7 Å². The van der Waals surface area contributed by atoms with Gasteiger partial charge in [-0.15, -0.1) is 0 Å². The Morgan fingerprint density at radius 2 is 2.28 bits per heavy atom. The summed E-state index contributed by atoms with van der Waals surface area (Å²) < 4.78 is 5.41. The highest BCUT2D eigenvalue weighted by Gasteiger charge is 2.29. The van der Waals surface area contributed by atoms with Crippen molar-refractivity contribution >= 4 is 0 Å². The van der Waals surface area contributed by atoms with E-state index in [1.165, 1.54) is 5.56 Å². The van der Waals surface area contributed by atoms with Gasteiger partial charge in [0, 0.05) is 11.6 Å². The topological polar surface area (TPSA) is 51.0 Å². The van der Waals surface area contributed by atoms with Crippen molar-refractivity contribution in [2.45, 2.75) is 32.2 Å². The first-order valence-corrected chi connectivity index (χ1v) is 6.38. The summed E-state index contributed by atoms with van der Waals surface area (Å²) in [5, 5.41) is 7.49. The van der Waals surface area contributed by atoms with Crippen LogP contribution in [0.5, 0.6) is 0 Å². The van der Waals surface area contributed by atoms with E-state index in [0.717, 1.165) is 24.4 Å². The second kappa shape index (κ2) is 4.53. The third-order valence-electron chi connectivity index (χ3n) is 3.56. The summed E-state index contributed by atoms with van der Waals surface area (Å²) in [7, 11) is 0. The molecule has 94 valence electrons. The van der Waals surface area contributed by atoms with Crippen LogP contribution in [0.2, 0.25) is 0 Å². The van der Waals surface area contributed by atoms with Gasteiger partial charge in [0.2, 0.25) is 11.7 Å². The number of hydrogen-bond acceptors (Lipinski definition) is 4. The van der Waals surface area contributed by atoms with Gasteiger partial charge in [-0.3, -0.25) is 0 Å². The molecule has 1 saturated heterocycles. The molecule has 18 heavy (non-hydrogen) atoms. The molecule has 0 bridgehead atoms. The molecule has 1 fully saturated rings. The summed E-state index contributed by atoms with van der Waals surface area (Å²) in [4.78, 5) is 4.54. The standard InChI is InChI=1S/C14H17N3O/c1-9-4-3-5-11(8-9)13-16-14(18-17-13)12-6-7-15-10(12)2/h3-5,8,10,12,15H,6-7H2,1-2H3. The lowest BCUT2D eigenvalue weighted by atomic mass is 10.0. The van der Waals surface area contributed by atoms with E-state index in [9.17, 15) is 0 Å². The SMILES string of the molecule is Cc1cccc(-c2noc(C3CCNC3C)n2)c1. The Labute approximate surface area is 106 Å². The van der Waals surface area contributed by atoms with Gasteiger partial charge in [-0.1, -0.05) is 28.9 Å². The minimum atomic E-state index is 0.344. The Kier molecular flexibility index (Phi) is 2.88. The van der Waals surface area contributed by atoms with E-state index in [1.807, 2.05) is 12.1 Å². The number of hydrogen-bond donors (Lipinski definition) is 1. The predicted octanol–water partition coefficient (Wildman–Crippen LogP) is 2.51. The van der Waals surface area contributed by atoms with Crippen molar-refractivity contribution in [2.24, 2.45) is 0 Å². The van der Waals surface area contributed by atoms with Gasteiger partial charge < -0.3 is 9.84 Å². The van der Waals surface area contributed by atoms with E-state index in [1.54, 1.807) is 0 Å². The quantitative estimate of drug-likeness (QED) is 0.880. The first-order chi connectivity index (χ1) is 8.74. The normalized spacial score (nSPS) is 23.4. The van der Waals surface area contributed by atoms with E-state index in [-0.39, 0.29) is 0 Å². The van der Waals surface area contributed by atoms with Crippen molar-refractivity contribution in [3.8, 4) is 11.4 Å². The maximum absolute atomic E-state index is 5.41. The molecule has 2 atom stereocenters. The smallest absolute Gasteiger partial charge is 0.231 e. The molecule has 0 saturated carbocycles. The van der Waals surface area contributed by atoms with Crippen LogP contribution in [0.4, 0.5) is 0 Å². The Morgan fingerprint density at radius 3 is 3.00 bits per heavy atom. The lowest BCUT2D eigenvalue weighted by Crippen LogP contribution is -2.21. The fourth-order valence-corrected chi connectivity index (χ4v) is 2.48. The van der Waals surface area contributed by atoms with E-state index >= 15 is 0 Å². The zero-order valence-corrected chi connectivity index (χ0v) is 10.7. The zero-order valence-electron chi connectivity index (χ0n) is 10.7. The third kappa shape index (κ3) is 2.04. The van der Waals surface area contributed by atoms with Crippen molar-refractivity contribution in [3.63, 3.8) is 0 Å². The summed E-state index contributed by atoms with van der Waals surface area (Å²) in [5.41, 5.74) is 2.22. The Morgan fingerprint density at radius 1 is 1.39 bits per heavy atom. The molecule has 2 unspecified atom stereocenters. The minimum Gasteiger partial charge on any atom is -0.339 e. The Hall–Kier alpha value is -1.68. The lowest BCUT2D eigenvalue weighted by Gasteiger charge is -2.08.